The minimum atomic E-state index is -0.915. The fourth-order valence-electron chi connectivity index (χ4n) is 4.93. The van der Waals surface area contributed by atoms with Gasteiger partial charge >= 0.3 is 0 Å². The average Bonchev–Trinajstić information content (AvgIpc) is 3.03. The summed E-state index contributed by atoms with van der Waals surface area (Å²) in [6.07, 6.45) is 1.36. The molecule has 218 valence electrons. The summed E-state index contributed by atoms with van der Waals surface area (Å²) < 4.78 is 26.7. The number of ether oxygens (including phenoxy) is 4. The summed E-state index contributed by atoms with van der Waals surface area (Å²) in [5, 5.41) is 0. The summed E-state index contributed by atoms with van der Waals surface area (Å²) in [6, 6.07) is 40.6. The highest BCUT2D eigenvalue weighted by atomic mass is 16.6. The first-order valence-corrected chi connectivity index (χ1v) is 14.5. The molecule has 0 radical (unpaired) electrons. The lowest BCUT2D eigenvalue weighted by Gasteiger charge is -2.43. The predicted octanol–water partition coefficient (Wildman–Crippen LogP) is 8.48. The van der Waals surface area contributed by atoms with Crippen molar-refractivity contribution >= 4 is 0 Å². The van der Waals surface area contributed by atoms with Gasteiger partial charge in [0.05, 0.1) is 33.0 Å². The van der Waals surface area contributed by atoms with E-state index in [1.807, 2.05) is 85.8 Å². The van der Waals surface area contributed by atoms with Crippen molar-refractivity contribution in [2.75, 3.05) is 6.61 Å². The molecule has 4 nitrogen and oxygen atoms in total. The lowest BCUT2D eigenvalue weighted by Crippen LogP contribution is -2.56. The van der Waals surface area contributed by atoms with Crippen LogP contribution in [0, 0.1) is 0 Å². The van der Waals surface area contributed by atoms with Crippen LogP contribution < -0.4 is 0 Å². The molecule has 0 heterocycles. The summed E-state index contributed by atoms with van der Waals surface area (Å²) in [6.45, 7) is 12.3. The fourth-order valence-corrected chi connectivity index (χ4v) is 4.93. The van der Waals surface area contributed by atoms with Crippen molar-refractivity contribution in [3.63, 3.8) is 0 Å². The van der Waals surface area contributed by atoms with E-state index >= 15 is 0 Å². The lowest BCUT2D eigenvalue weighted by molar-refractivity contribution is -0.215. The van der Waals surface area contributed by atoms with Crippen LogP contribution in [0.2, 0.25) is 0 Å². The molecule has 42 heavy (non-hydrogen) atoms. The Morgan fingerprint density at radius 2 is 1.07 bits per heavy atom. The molecule has 0 aliphatic heterocycles. The topological polar surface area (TPSA) is 36.9 Å². The second kappa shape index (κ2) is 16.6. The van der Waals surface area contributed by atoms with Gasteiger partial charge in [-0.3, -0.25) is 0 Å². The molecule has 0 spiro atoms. The largest absolute Gasteiger partial charge is 0.374 e. The highest BCUT2D eigenvalue weighted by molar-refractivity contribution is 5.18. The second-order valence-corrected chi connectivity index (χ2v) is 10.6. The van der Waals surface area contributed by atoms with Crippen molar-refractivity contribution < 1.29 is 18.9 Å². The Bertz CT molecular complexity index is 1320. The summed E-state index contributed by atoms with van der Waals surface area (Å²) >= 11 is 0. The zero-order valence-electron chi connectivity index (χ0n) is 24.6. The molecule has 0 aromatic heterocycles. The molecule has 0 aliphatic rings. The van der Waals surface area contributed by atoms with E-state index in [-0.39, 0.29) is 6.61 Å². The molecule has 0 aliphatic carbocycles. The zero-order chi connectivity index (χ0) is 29.5. The van der Waals surface area contributed by atoms with Crippen LogP contribution in [0.3, 0.4) is 0 Å². The standard InChI is InChI=1S/C38H42O4/c1-4-25-38(42-29-35-23-15-8-16-24-35,30-39-26-32-17-9-5-10-18-32)37(41-28-34-21-13-7-14-22-34)36(31(2)3)40-27-33-19-11-6-12-20-33/h4-24,36-37H,1-2,25-30H2,3H3/t36-,37+,38+/m1/s1. The van der Waals surface area contributed by atoms with E-state index in [1.54, 1.807) is 0 Å². The van der Waals surface area contributed by atoms with E-state index in [0.29, 0.717) is 32.8 Å². The Labute approximate surface area is 251 Å². The predicted molar refractivity (Wildman–Crippen MR) is 170 cm³/mol. The third-order valence-electron chi connectivity index (χ3n) is 7.14. The Morgan fingerprint density at radius 1 is 0.643 bits per heavy atom. The van der Waals surface area contributed by atoms with Crippen LogP contribution in [0.4, 0.5) is 0 Å². The molecule has 4 heteroatoms. The smallest absolute Gasteiger partial charge is 0.124 e. The fraction of sp³-hybridized carbons (Fsp3) is 0.263. The monoisotopic (exact) mass is 562 g/mol. The number of hydrogen-bond donors (Lipinski definition) is 0. The maximum Gasteiger partial charge on any atom is 0.124 e. The highest BCUT2D eigenvalue weighted by Crippen LogP contribution is 2.33. The molecule has 4 aromatic carbocycles. The SMILES string of the molecule is C=CC[C@@](COCc1ccccc1)(OCc1ccccc1)[C@@H](OCc1ccccc1)[C@H](OCc1ccccc1)C(=C)C. The summed E-state index contributed by atoms with van der Waals surface area (Å²) in [4.78, 5) is 0. The van der Waals surface area contributed by atoms with E-state index in [1.165, 1.54) is 0 Å². The first-order valence-electron chi connectivity index (χ1n) is 14.5. The van der Waals surface area contributed by atoms with Crippen LogP contribution in [-0.4, -0.2) is 24.4 Å². The molecule has 3 atom stereocenters. The Kier molecular flexibility index (Phi) is 12.3. The average molecular weight is 563 g/mol. The molecule has 0 N–H and O–H groups in total. The van der Waals surface area contributed by atoms with Crippen molar-refractivity contribution in [3.8, 4) is 0 Å². The maximum absolute atomic E-state index is 6.89. The molecule has 0 amide bonds. The van der Waals surface area contributed by atoms with Crippen LogP contribution in [-0.2, 0) is 45.4 Å². The van der Waals surface area contributed by atoms with Gasteiger partial charge in [-0.15, -0.1) is 6.58 Å². The zero-order valence-corrected chi connectivity index (χ0v) is 24.6. The van der Waals surface area contributed by atoms with Gasteiger partial charge in [-0.05, 0) is 41.2 Å². The van der Waals surface area contributed by atoms with Crippen LogP contribution >= 0.6 is 0 Å². The van der Waals surface area contributed by atoms with Crippen LogP contribution in [0.25, 0.3) is 0 Å². The van der Waals surface area contributed by atoms with Crippen LogP contribution in [0.5, 0.6) is 0 Å². The van der Waals surface area contributed by atoms with E-state index in [2.05, 4.69) is 61.7 Å². The molecule has 0 bridgehead atoms. The van der Waals surface area contributed by atoms with Gasteiger partial charge in [0.1, 0.15) is 17.8 Å². The van der Waals surface area contributed by atoms with Crippen LogP contribution in [0.15, 0.2) is 146 Å². The van der Waals surface area contributed by atoms with Gasteiger partial charge in [-0.25, -0.2) is 0 Å². The van der Waals surface area contributed by atoms with E-state index < -0.39 is 17.8 Å². The number of benzene rings is 4. The molecule has 0 fully saturated rings. The molecule has 4 rings (SSSR count). The van der Waals surface area contributed by atoms with Gasteiger partial charge < -0.3 is 18.9 Å². The highest BCUT2D eigenvalue weighted by Gasteiger charge is 2.46. The minimum absolute atomic E-state index is 0.276. The van der Waals surface area contributed by atoms with Gasteiger partial charge in [-0.1, -0.05) is 134 Å². The van der Waals surface area contributed by atoms with Crippen molar-refractivity contribution in [3.05, 3.63) is 168 Å². The molecular formula is C38H42O4. The molecule has 0 saturated carbocycles. The van der Waals surface area contributed by atoms with E-state index in [4.69, 9.17) is 18.9 Å². The lowest BCUT2D eigenvalue weighted by atomic mass is 9.86. The summed E-state index contributed by atoms with van der Waals surface area (Å²) in [5.74, 6) is 0. The Balaban J connectivity index is 1.69. The van der Waals surface area contributed by atoms with E-state index in [9.17, 15) is 0 Å². The van der Waals surface area contributed by atoms with E-state index in [0.717, 1.165) is 27.8 Å². The first kappa shape index (κ1) is 31.1. The van der Waals surface area contributed by atoms with Crippen LogP contribution in [0.1, 0.15) is 35.6 Å². The second-order valence-electron chi connectivity index (χ2n) is 10.6. The Hall–Kier alpha value is -3.80. The van der Waals surface area contributed by atoms with Crippen molar-refractivity contribution in [1.29, 1.82) is 0 Å². The van der Waals surface area contributed by atoms with Gasteiger partial charge in [0.15, 0.2) is 0 Å². The van der Waals surface area contributed by atoms with Crippen molar-refractivity contribution in [2.45, 2.75) is 57.6 Å². The number of rotatable bonds is 18. The van der Waals surface area contributed by atoms with Gasteiger partial charge in [-0.2, -0.15) is 0 Å². The normalized spacial score (nSPS) is 14.0. The Morgan fingerprint density at radius 3 is 1.52 bits per heavy atom. The molecule has 4 aromatic rings. The third kappa shape index (κ3) is 9.37. The van der Waals surface area contributed by atoms with Crippen molar-refractivity contribution in [2.24, 2.45) is 0 Å². The minimum Gasteiger partial charge on any atom is -0.374 e. The molecule has 0 unspecified atom stereocenters. The quantitative estimate of drug-likeness (QED) is 0.114. The summed E-state index contributed by atoms with van der Waals surface area (Å²) in [7, 11) is 0. The van der Waals surface area contributed by atoms with Gasteiger partial charge in [0.2, 0.25) is 0 Å². The molecular weight excluding hydrogens is 520 g/mol. The first-order chi connectivity index (χ1) is 20.6. The third-order valence-corrected chi connectivity index (χ3v) is 7.14. The van der Waals surface area contributed by atoms with Gasteiger partial charge in [0, 0.05) is 0 Å². The summed E-state index contributed by atoms with van der Waals surface area (Å²) in [5.41, 5.74) is 4.22. The molecule has 0 saturated heterocycles. The van der Waals surface area contributed by atoms with Crippen molar-refractivity contribution in [1.82, 2.24) is 0 Å². The maximum atomic E-state index is 6.89. The van der Waals surface area contributed by atoms with Gasteiger partial charge in [0.25, 0.3) is 0 Å². The number of hydrogen-bond acceptors (Lipinski definition) is 4.